The van der Waals surface area contributed by atoms with Gasteiger partial charge in [0.15, 0.2) is 0 Å². The Kier molecular flexibility index (Phi) is 4.26. The minimum atomic E-state index is -0.127. The molecule has 23 heavy (non-hydrogen) atoms. The summed E-state index contributed by atoms with van der Waals surface area (Å²) in [7, 11) is 1.59. The molecule has 1 amide bonds. The molecule has 0 aliphatic heterocycles. The van der Waals surface area contributed by atoms with Crippen LogP contribution in [0.15, 0.2) is 47.1 Å². The van der Waals surface area contributed by atoms with Gasteiger partial charge in [0, 0.05) is 27.7 Å². The average Bonchev–Trinajstić information content (AvgIpc) is 2.90. The molecule has 0 atom stereocenters. The van der Waals surface area contributed by atoms with Gasteiger partial charge in [-0.3, -0.25) is 4.79 Å². The van der Waals surface area contributed by atoms with Crippen LogP contribution in [-0.2, 0) is 11.2 Å². The summed E-state index contributed by atoms with van der Waals surface area (Å²) in [6, 6.07) is 10.9. The first-order chi connectivity index (χ1) is 11.1. The number of halogens is 1. The van der Waals surface area contributed by atoms with Gasteiger partial charge in [-0.25, -0.2) is 0 Å². The highest BCUT2D eigenvalue weighted by Crippen LogP contribution is 2.28. The summed E-state index contributed by atoms with van der Waals surface area (Å²) in [6.07, 6.45) is 1.81. The Morgan fingerprint density at radius 2 is 2.13 bits per heavy atom. The van der Waals surface area contributed by atoms with E-state index >= 15 is 0 Å². The van der Waals surface area contributed by atoms with Gasteiger partial charge in [-0.05, 0) is 36.8 Å². The molecule has 3 aromatic rings. The van der Waals surface area contributed by atoms with E-state index in [1.807, 2.05) is 37.3 Å². The van der Waals surface area contributed by atoms with E-state index in [0.717, 1.165) is 22.1 Å². The maximum absolute atomic E-state index is 12.2. The van der Waals surface area contributed by atoms with E-state index < -0.39 is 0 Å². The summed E-state index contributed by atoms with van der Waals surface area (Å²) in [5, 5.41) is 4.37. The highest BCUT2D eigenvalue weighted by molar-refractivity contribution is 6.32. The number of hydrogen-bond donors (Lipinski definition) is 1. The lowest BCUT2D eigenvalue weighted by Crippen LogP contribution is -2.14. The van der Waals surface area contributed by atoms with Crippen LogP contribution in [0.2, 0.25) is 5.02 Å². The van der Waals surface area contributed by atoms with Crippen molar-refractivity contribution < 1.29 is 13.9 Å². The fourth-order valence-corrected chi connectivity index (χ4v) is 2.58. The zero-order chi connectivity index (χ0) is 16.4. The smallest absolute Gasteiger partial charge is 0.228 e. The van der Waals surface area contributed by atoms with E-state index in [4.69, 9.17) is 20.8 Å². The van der Waals surface area contributed by atoms with Crippen molar-refractivity contribution in [3.8, 4) is 5.75 Å². The molecule has 0 fully saturated rings. The van der Waals surface area contributed by atoms with Crippen molar-refractivity contribution in [2.75, 3.05) is 12.4 Å². The molecule has 0 spiro atoms. The van der Waals surface area contributed by atoms with E-state index in [1.54, 1.807) is 19.4 Å². The summed E-state index contributed by atoms with van der Waals surface area (Å²) >= 11 is 6.16. The Balaban J connectivity index is 1.79. The minimum Gasteiger partial charge on any atom is -0.497 e. The van der Waals surface area contributed by atoms with Crippen molar-refractivity contribution in [2.45, 2.75) is 13.3 Å². The molecule has 1 aromatic heterocycles. The van der Waals surface area contributed by atoms with E-state index in [1.165, 1.54) is 0 Å². The van der Waals surface area contributed by atoms with Gasteiger partial charge in [0.05, 0.1) is 19.8 Å². The Bertz CT molecular complexity index is 870. The number of fused-ring (bicyclic) bond motifs is 1. The predicted octanol–water partition coefficient (Wildman–Crippen LogP) is 4.58. The van der Waals surface area contributed by atoms with Crippen LogP contribution in [0, 0.1) is 6.92 Å². The number of aryl methyl sites for hydroxylation is 1. The van der Waals surface area contributed by atoms with Crippen molar-refractivity contribution in [3.05, 3.63) is 58.8 Å². The lowest BCUT2D eigenvalue weighted by molar-refractivity contribution is -0.115. The van der Waals surface area contributed by atoms with E-state index in [-0.39, 0.29) is 12.3 Å². The molecule has 118 valence electrons. The minimum absolute atomic E-state index is 0.127. The predicted molar refractivity (Wildman–Crippen MR) is 91.3 cm³/mol. The molecule has 0 saturated carbocycles. The standard InChI is InChI=1S/C18H16ClNO3/c1-11-6-17-15(9-16(11)19)12(10-23-17)7-18(21)20-13-4-3-5-14(8-13)22-2/h3-6,8-10H,7H2,1-2H3,(H,20,21). The molecule has 1 heterocycles. The van der Waals surface area contributed by atoms with Gasteiger partial charge in [0.2, 0.25) is 5.91 Å². The van der Waals surface area contributed by atoms with Crippen molar-refractivity contribution in [3.63, 3.8) is 0 Å². The largest absolute Gasteiger partial charge is 0.497 e. The van der Waals surface area contributed by atoms with Gasteiger partial charge in [0.25, 0.3) is 0 Å². The van der Waals surface area contributed by atoms with Gasteiger partial charge in [-0.15, -0.1) is 0 Å². The maximum Gasteiger partial charge on any atom is 0.228 e. The van der Waals surface area contributed by atoms with Gasteiger partial charge >= 0.3 is 0 Å². The van der Waals surface area contributed by atoms with Crippen molar-refractivity contribution in [2.24, 2.45) is 0 Å². The summed E-state index contributed by atoms with van der Waals surface area (Å²) in [5.74, 6) is 0.566. The number of rotatable bonds is 4. The van der Waals surface area contributed by atoms with Crippen LogP contribution in [0.5, 0.6) is 5.75 Å². The first kappa shape index (κ1) is 15.4. The Morgan fingerprint density at radius 1 is 1.30 bits per heavy atom. The second-order valence-corrected chi connectivity index (χ2v) is 5.72. The lowest BCUT2D eigenvalue weighted by Gasteiger charge is -2.06. The molecule has 0 bridgehead atoms. The van der Waals surface area contributed by atoms with Crippen LogP contribution in [-0.4, -0.2) is 13.0 Å². The zero-order valence-electron chi connectivity index (χ0n) is 12.9. The number of furan rings is 1. The first-order valence-corrected chi connectivity index (χ1v) is 7.55. The summed E-state index contributed by atoms with van der Waals surface area (Å²) < 4.78 is 10.7. The number of carbonyl (C=O) groups excluding carboxylic acids is 1. The molecule has 0 aliphatic carbocycles. The summed E-state index contributed by atoms with van der Waals surface area (Å²) in [5.41, 5.74) is 3.18. The molecule has 3 rings (SSSR count). The van der Waals surface area contributed by atoms with Crippen LogP contribution < -0.4 is 10.1 Å². The van der Waals surface area contributed by atoms with Gasteiger partial charge in [0.1, 0.15) is 11.3 Å². The number of hydrogen-bond acceptors (Lipinski definition) is 3. The van der Waals surface area contributed by atoms with Crippen LogP contribution in [0.1, 0.15) is 11.1 Å². The SMILES string of the molecule is COc1cccc(NC(=O)Cc2coc3cc(C)c(Cl)cc23)c1. The van der Waals surface area contributed by atoms with Crippen molar-refractivity contribution in [1.29, 1.82) is 0 Å². The number of benzene rings is 2. The molecule has 1 N–H and O–H groups in total. The Hall–Kier alpha value is -2.46. The molecular weight excluding hydrogens is 314 g/mol. The fourth-order valence-electron chi connectivity index (χ4n) is 2.42. The molecule has 5 heteroatoms. The highest BCUT2D eigenvalue weighted by atomic mass is 35.5. The fraction of sp³-hybridized carbons (Fsp3) is 0.167. The molecule has 0 radical (unpaired) electrons. The average molecular weight is 330 g/mol. The third-order valence-electron chi connectivity index (χ3n) is 3.64. The number of ether oxygens (including phenoxy) is 1. The highest BCUT2D eigenvalue weighted by Gasteiger charge is 2.12. The second-order valence-electron chi connectivity index (χ2n) is 5.32. The molecule has 2 aromatic carbocycles. The van der Waals surface area contributed by atoms with Crippen LogP contribution in [0.4, 0.5) is 5.69 Å². The van der Waals surface area contributed by atoms with Gasteiger partial charge < -0.3 is 14.5 Å². The third kappa shape index (κ3) is 3.32. The van der Waals surface area contributed by atoms with E-state index in [9.17, 15) is 4.79 Å². The van der Waals surface area contributed by atoms with Crippen LogP contribution in [0.3, 0.4) is 0 Å². The zero-order valence-corrected chi connectivity index (χ0v) is 13.6. The third-order valence-corrected chi connectivity index (χ3v) is 4.05. The van der Waals surface area contributed by atoms with Crippen molar-refractivity contribution >= 4 is 34.2 Å². The number of methoxy groups -OCH3 is 1. The van der Waals surface area contributed by atoms with Crippen LogP contribution >= 0.6 is 11.6 Å². The molecule has 0 unspecified atom stereocenters. The quantitative estimate of drug-likeness (QED) is 0.762. The van der Waals surface area contributed by atoms with Crippen LogP contribution in [0.25, 0.3) is 11.0 Å². The Morgan fingerprint density at radius 3 is 2.91 bits per heavy atom. The molecule has 0 aliphatic rings. The summed E-state index contributed by atoms with van der Waals surface area (Å²) in [4.78, 5) is 12.2. The lowest BCUT2D eigenvalue weighted by atomic mass is 10.1. The maximum atomic E-state index is 12.2. The number of carbonyl (C=O) groups is 1. The van der Waals surface area contributed by atoms with Gasteiger partial charge in [-0.2, -0.15) is 0 Å². The second kappa shape index (κ2) is 6.34. The topological polar surface area (TPSA) is 51.5 Å². The van der Waals surface area contributed by atoms with E-state index in [0.29, 0.717) is 16.5 Å². The monoisotopic (exact) mass is 329 g/mol. The van der Waals surface area contributed by atoms with Gasteiger partial charge in [-0.1, -0.05) is 17.7 Å². The molecule has 4 nitrogen and oxygen atoms in total. The Labute approximate surface area is 139 Å². The number of anilines is 1. The van der Waals surface area contributed by atoms with Crippen molar-refractivity contribution in [1.82, 2.24) is 0 Å². The number of nitrogens with one attached hydrogen (secondary N) is 1. The first-order valence-electron chi connectivity index (χ1n) is 7.17. The number of amides is 1. The molecule has 0 saturated heterocycles. The molecular formula is C18H16ClNO3. The summed E-state index contributed by atoms with van der Waals surface area (Å²) in [6.45, 7) is 1.92. The normalized spacial score (nSPS) is 10.7. The van der Waals surface area contributed by atoms with E-state index in [2.05, 4.69) is 5.32 Å².